The van der Waals surface area contributed by atoms with E-state index in [1.807, 2.05) is 84.9 Å². The molecule has 0 atom stereocenters. The molecular formula is C51H32N4O2. The van der Waals surface area contributed by atoms with E-state index >= 15 is 0 Å². The van der Waals surface area contributed by atoms with E-state index in [0.29, 0.717) is 17.5 Å². The Labute approximate surface area is 328 Å². The van der Waals surface area contributed by atoms with Gasteiger partial charge < -0.3 is 13.7 Å². The van der Waals surface area contributed by atoms with Gasteiger partial charge in [0.05, 0.1) is 5.69 Å². The average molecular weight is 733 g/mol. The van der Waals surface area contributed by atoms with Crippen LogP contribution in [-0.4, -0.2) is 15.0 Å². The maximum absolute atomic E-state index is 6.65. The highest BCUT2D eigenvalue weighted by Gasteiger charge is 2.23. The van der Waals surface area contributed by atoms with Gasteiger partial charge in [-0.3, -0.25) is 0 Å². The van der Waals surface area contributed by atoms with E-state index in [1.54, 1.807) is 0 Å². The third-order valence-electron chi connectivity index (χ3n) is 10.5. The summed E-state index contributed by atoms with van der Waals surface area (Å²) in [5.74, 6) is 1.65. The maximum Gasteiger partial charge on any atom is 0.164 e. The zero-order valence-electron chi connectivity index (χ0n) is 30.6. The van der Waals surface area contributed by atoms with Crippen LogP contribution >= 0.6 is 0 Å². The fourth-order valence-corrected chi connectivity index (χ4v) is 7.81. The number of fused-ring (bicyclic) bond motifs is 6. The third-order valence-corrected chi connectivity index (χ3v) is 10.5. The molecule has 0 spiro atoms. The summed E-state index contributed by atoms with van der Waals surface area (Å²) >= 11 is 0. The Morgan fingerprint density at radius 2 is 0.825 bits per heavy atom. The number of hydrogen-bond donors (Lipinski definition) is 0. The minimum absolute atomic E-state index is 0.536. The zero-order valence-corrected chi connectivity index (χ0v) is 30.6. The highest BCUT2D eigenvalue weighted by Crippen LogP contribution is 2.44. The van der Waals surface area contributed by atoms with Crippen LogP contribution in [0.25, 0.3) is 89.2 Å². The molecule has 0 aliphatic heterocycles. The van der Waals surface area contributed by atoms with E-state index < -0.39 is 0 Å². The first-order valence-electron chi connectivity index (χ1n) is 18.9. The molecule has 0 aliphatic carbocycles. The number of aromatic nitrogens is 3. The highest BCUT2D eigenvalue weighted by atomic mass is 16.3. The Morgan fingerprint density at radius 3 is 1.56 bits per heavy atom. The van der Waals surface area contributed by atoms with Crippen LogP contribution in [0.2, 0.25) is 0 Å². The first-order chi connectivity index (χ1) is 28.2. The minimum Gasteiger partial charge on any atom is -0.456 e. The molecule has 0 N–H and O–H groups in total. The van der Waals surface area contributed by atoms with Crippen molar-refractivity contribution in [2.45, 2.75) is 0 Å². The second-order valence-electron chi connectivity index (χ2n) is 14.0. The highest BCUT2D eigenvalue weighted by molar-refractivity contribution is 6.13. The lowest BCUT2D eigenvalue weighted by Crippen LogP contribution is -2.10. The fraction of sp³-hybridized carbons (Fsp3) is 0. The zero-order chi connectivity index (χ0) is 37.7. The van der Waals surface area contributed by atoms with Crippen molar-refractivity contribution in [2.75, 3.05) is 4.90 Å². The molecule has 0 bridgehead atoms. The number of anilines is 3. The molecule has 57 heavy (non-hydrogen) atoms. The molecule has 268 valence electrons. The molecule has 0 unspecified atom stereocenters. The Bertz CT molecular complexity index is 3230. The van der Waals surface area contributed by atoms with Crippen molar-refractivity contribution in [3.05, 3.63) is 194 Å². The first-order valence-corrected chi connectivity index (χ1v) is 18.9. The molecule has 0 saturated carbocycles. The van der Waals surface area contributed by atoms with Crippen molar-refractivity contribution in [1.29, 1.82) is 0 Å². The summed E-state index contributed by atoms with van der Waals surface area (Å²) in [5.41, 5.74) is 10.9. The number of furan rings is 2. The normalized spacial score (nSPS) is 11.5. The van der Waals surface area contributed by atoms with Crippen molar-refractivity contribution >= 4 is 60.9 Å². The van der Waals surface area contributed by atoms with Crippen LogP contribution in [0.3, 0.4) is 0 Å². The van der Waals surface area contributed by atoms with Gasteiger partial charge in [0.1, 0.15) is 22.3 Å². The van der Waals surface area contributed by atoms with Gasteiger partial charge in [-0.2, -0.15) is 0 Å². The van der Waals surface area contributed by atoms with Gasteiger partial charge >= 0.3 is 0 Å². The summed E-state index contributed by atoms with van der Waals surface area (Å²) in [4.78, 5) is 17.8. The molecule has 0 aliphatic rings. The molecule has 6 nitrogen and oxygen atoms in total. The topological polar surface area (TPSA) is 68.2 Å². The van der Waals surface area contributed by atoms with Crippen molar-refractivity contribution in [3.8, 4) is 45.3 Å². The predicted molar refractivity (Wildman–Crippen MR) is 231 cm³/mol. The monoisotopic (exact) mass is 732 g/mol. The Morgan fingerprint density at radius 1 is 0.316 bits per heavy atom. The van der Waals surface area contributed by atoms with E-state index in [4.69, 9.17) is 23.8 Å². The molecule has 0 amide bonds. The molecule has 11 aromatic rings. The number of benzene rings is 8. The SMILES string of the molecule is c1ccc(-c2ccc(N(c3ccccc3)c3cc(-c4nc(-c5ccccc5)nc(-c5ccc6c(c5)oc5ccccc56)n4)c4c(c3)oc3ccccc34)cc2)cc1. The molecular weight excluding hydrogens is 701 g/mol. The van der Waals surface area contributed by atoms with Crippen molar-refractivity contribution in [3.63, 3.8) is 0 Å². The second kappa shape index (κ2) is 13.5. The number of hydrogen-bond acceptors (Lipinski definition) is 6. The molecule has 6 heteroatoms. The Kier molecular flexibility index (Phi) is 7.71. The van der Waals surface area contributed by atoms with Crippen LogP contribution in [0.15, 0.2) is 203 Å². The number of para-hydroxylation sites is 3. The van der Waals surface area contributed by atoms with E-state index in [2.05, 4.69) is 114 Å². The summed E-state index contributed by atoms with van der Waals surface area (Å²) in [6, 6.07) is 66.3. The second-order valence-corrected chi connectivity index (χ2v) is 14.0. The summed E-state index contributed by atoms with van der Waals surface area (Å²) in [6.45, 7) is 0. The van der Waals surface area contributed by atoms with Crippen LogP contribution < -0.4 is 4.90 Å². The maximum atomic E-state index is 6.65. The van der Waals surface area contributed by atoms with Crippen LogP contribution in [0.5, 0.6) is 0 Å². The van der Waals surface area contributed by atoms with Crippen LogP contribution in [0.4, 0.5) is 17.1 Å². The van der Waals surface area contributed by atoms with Gasteiger partial charge in [-0.15, -0.1) is 0 Å². The lowest BCUT2D eigenvalue weighted by Gasteiger charge is -2.26. The van der Waals surface area contributed by atoms with Gasteiger partial charge in [0.25, 0.3) is 0 Å². The smallest absolute Gasteiger partial charge is 0.164 e. The Balaban J connectivity index is 1.15. The van der Waals surface area contributed by atoms with Gasteiger partial charge in [-0.25, -0.2) is 15.0 Å². The molecule has 11 rings (SSSR count). The molecule has 3 aromatic heterocycles. The van der Waals surface area contributed by atoms with Crippen molar-refractivity contribution in [2.24, 2.45) is 0 Å². The fourth-order valence-electron chi connectivity index (χ4n) is 7.81. The van der Waals surface area contributed by atoms with E-state index in [9.17, 15) is 0 Å². The van der Waals surface area contributed by atoms with Gasteiger partial charge in [0, 0.05) is 55.7 Å². The number of rotatable bonds is 7. The van der Waals surface area contributed by atoms with Gasteiger partial charge in [-0.05, 0) is 65.7 Å². The van der Waals surface area contributed by atoms with Crippen LogP contribution in [0, 0.1) is 0 Å². The summed E-state index contributed by atoms with van der Waals surface area (Å²) < 4.78 is 13.0. The lowest BCUT2D eigenvalue weighted by molar-refractivity contribution is 0.668. The standard InChI is InChI=1S/C51H32N4O2/c1-4-14-33(15-5-1)34-24-27-38(28-25-34)55(37-18-8-3-9-19-37)39-31-43(48-42-21-11-13-23-45(42)57-47(48)32-39)51-53-49(35-16-6-2-7-17-35)52-50(54-51)36-26-29-41-40-20-10-12-22-44(40)56-46(41)30-36/h1-32H. The summed E-state index contributed by atoms with van der Waals surface area (Å²) in [5, 5.41) is 4.04. The molecule has 8 aromatic carbocycles. The van der Waals surface area contributed by atoms with Crippen molar-refractivity contribution in [1.82, 2.24) is 15.0 Å². The summed E-state index contributed by atoms with van der Waals surface area (Å²) in [7, 11) is 0. The molecule has 0 fully saturated rings. The molecule has 0 radical (unpaired) electrons. The van der Waals surface area contributed by atoms with Crippen LogP contribution in [0.1, 0.15) is 0 Å². The average Bonchev–Trinajstić information content (AvgIpc) is 3.85. The van der Waals surface area contributed by atoms with Crippen molar-refractivity contribution < 1.29 is 8.83 Å². The van der Waals surface area contributed by atoms with Gasteiger partial charge in [0.2, 0.25) is 0 Å². The quantitative estimate of drug-likeness (QED) is 0.162. The first kappa shape index (κ1) is 32.6. The molecule has 3 heterocycles. The minimum atomic E-state index is 0.536. The predicted octanol–water partition coefficient (Wildman–Crippen LogP) is 13.8. The van der Waals surface area contributed by atoms with E-state index in [0.717, 1.165) is 83.2 Å². The van der Waals surface area contributed by atoms with E-state index in [-0.39, 0.29) is 0 Å². The third kappa shape index (κ3) is 5.79. The van der Waals surface area contributed by atoms with Gasteiger partial charge in [-0.1, -0.05) is 133 Å². The van der Waals surface area contributed by atoms with Gasteiger partial charge in [0.15, 0.2) is 17.5 Å². The van der Waals surface area contributed by atoms with E-state index in [1.165, 1.54) is 5.56 Å². The van der Waals surface area contributed by atoms with Crippen LogP contribution in [-0.2, 0) is 0 Å². The molecule has 0 saturated heterocycles. The largest absolute Gasteiger partial charge is 0.456 e. The number of nitrogens with zero attached hydrogens (tertiary/aromatic N) is 4. The Hall–Kier alpha value is -7.83. The summed E-state index contributed by atoms with van der Waals surface area (Å²) in [6.07, 6.45) is 0. The lowest BCUT2D eigenvalue weighted by atomic mass is 10.0.